The second kappa shape index (κ2) is 7.67. The summed E-state index contributed by atoms with van der Waals surface area (Å²) < 4.78 is 46.2. The minimum Gasteiger partial charge on any atom is -0.465 e. The molecule has 0 aliphatic rings. The number of esters is 1. The summed E-state index contributed by atoms with van der Waals surface area (Å²) >= 11 is 0. The van der Waals surface area contributed by atoms with Crippen molar-refractivity contribution in [3.05, 3.63) is 54.0 Å². The predicted octanol–water partition coefficient (Wildman–Crippen LogP) is 3.91. The molecule has 0 fully saturated rings. The Hall–Kier alpha value is -3.43. The highest BCUT2D eigenvalue weighted by Gasteiger charge is 2.35. The number of anilines is 2. The van der Waals surface area contributed by atoms with Gasteiger partial charge in [0.25, 0.3) is 0 Å². The normalized spacial score (nSPS) is 11.3. The maximum absolute atomic E-state index is 13.4. The van der Waals surface area contributed by atoms with Crippen LogP contribution in [0.15, 0.2) is 42.9 Å². The molecule has 146 valence electrons. The van der Waals surface area contributed by atoms with Crippen LogP contribution in [0.4, 0.5) is 24.8 Å². The van der Waals surface area contributed by atoms with Crippen molar-refractivity contribution >= 4 is 17.6 Å². The summed E-state index contributed by atoms with van der Waals surface area (Å²) in [7, 11) is 1.27. The van der Waals surface area contributed by atoms with Crippen LogP contribution in [0, 0.1) is 0 Å². The molecule has 0 spiro atoms. The van der Waals surface area contributed by atoms with Gasteiger partial charge >= 0.3 is 12.1 Å². The van der Waals surface area contributed by atoms with Gasteiger partial charge in [-0.3, -0.25) is 4.68 Å². The molecule has 2 heterocycles. The summed E-state index contributed by atoms with van der Waals surface area (Å²) in [6, 6.07) is 6.18. The predicted molar refractivity (Wildman–Crippen MR) is 95.0 cm³/mol. The number of methoxy groups -OCH3 is 1. The number of rotatable bonds is 5. The van der Waals surface area contributed by atoms with Crippen LogP contribution in [0.2, 0.25) is 0 Å². The fourth-order valence-electron chi connectivity index (χ4n) is 2.46. The Labute approximate surface area is 158 Å². The first-order valence-electron chi connectivity index (χ1n) is 8.24. The fraction of sp³-hybridized carbons (Fsp3) is 0.222. The molecule has 7 nitrogen and oxygen atoms in total. The molecular formula is C18H16F3N5O2. The number of ether oxygens (including phenoxy) is 1. The Morgan fingerprint density at radius 1 is 1.21 bits per heavy atom. The number of nitrogens with zero attached hydrogens (tertiary/aromatic N) is 4. The van der Waals surface area contributed by atoms with E-state index in [9.17, 15) is 18.0 Å². The smallest absolute Gasteiger partial charge is 0.419 e. The summed E-state index contributed by atoms with van der Waals surface area (Å²) in [4.78, 5) is 19.3. The molecule has 0 radical (unpaired) electrons. The van der Waals surface area contributed by atoms with E-state index < -0.39 is 17.7 Å². The van der Waals surface area contributed by atoms with Crippen LogP contribution >= 0.6 is 0 Å². The summed E-state index contributed by atoms with van der Waals surface area (Å²) in [6.45, 7) is 2.34. The molecule has 2 aromatic heterocycles. The maximum Gasteiger partial charge on any atom is 0.419 e. The monoisotopic (exact) mass is 391 g/mol. The van der Waals surface area contributed by atoms with Gasteiger partial charge in [-0.25, -0.2) is 14.8 Å². The quantitative estimate of drug-likeness (QED) is 0.664. The van der Waals surface area contributed by atoms with E-state index in [0.29, 0.717) is 17.8 Å². The van der Waals surface area contributed by atoms with Gasteiger partial charge in [-0.2, -0.15) is 18.3 Å². The highest BCUT2D eigenvalue weighted by Crippen LogP contribution is 2.36. The van der Waals surface area contributed by atoms with Crippen molar-refractivity contribution in [3.8, 4) is 11.3 Å². The summed E-state index contributed by atoms with van der Waals surface area (Å²) in [5, 5.41) is 6.84. The van der Waals surface area contributed by atoms with E-state index in [0.717, 1.165) is 6.20 Å². The highest BCUT2D eigenvalue weighted by atomic mass is 19.4. The van der Waals surface area contributed by atoms with Crippen LogP contribution < -0.4 is 5.32 Å². The van der Waals surface area contributed by atoms with Gasteiger partial charge in [0, 0.05) is 30.2 Å². The van der Waals surface area contributed by atoms with E-state index >= 15 is 0 Å². The van der Waals surface area contributed by atoms with Crippen LogP contribution in [-0.2, 0) is 17.5 Å². The van der Waals surface area contributed by atoms with E-state index in [1.807, 2.05) is 6.92 Å². The second-order valence-electron chi connectivity index (χ2n) is 5.73. The van der Waals surface area contributed by atoms with Gasteiger partial charge < -0.3 is 10.1 Å². The van der Waals surface area contributed by atoms with Crippen LogP contribution in [0.3, 0.4) is 0 Å². The molecule has 0 bridgehead atoms. The fourth-order valence-corrected chi connectivity index (χ4v) is 2.46. The number of alkyl halides is 3. The molecule has 0 unspecified atom stereocenters. The number of benzene rings is 1. The number of carbonyl (C=O) groups excluding carboxylic acids is 1. The molecule has 0 saturated heterocycles. The van der Waals surface area contributed by atoms with Gasteiger partial charge in [0.1, 0.15) is 5.56 Å². The Kier molecular flexibility index (Phi) is 5.30. The van der Waals surface area contributed by atoms with Gasteiger partial charge in [-0.1, -0.05) is 0 Å². The average Bonchev–Trinajstić information content (AvgIpc) is 3.16. The molecule has 0 aliphatic carbocycles. The van der Waals surface area contributed by atoms with Gasteiger partial charge in [-0.15, -0.1) is 0 Å². The number of aromatic nitrogens is 4. The first-order chi connectivity index (χ1) is 13.3. The van der Waals surface area contributed by atoms with Crippen LogP contribution in [-0.4, -0.2) is 32.8 Å². The summed E-state index contributed by atoms with van der Waals surface area (Å²) in [5.74, 6) is -0.509. The lowest BCUT2D eigenvalue weighted by Gasteiger charge is -2.12. The zero-order chi connectivity index (χ0) is 20.3. The Balaban J connectivity index is 1.94. The third-order valence-corrected chi connectivity index (χ3v) is 3.89. The van der Waals surface area contributed by atoms with E-state index in [1.165, 1.54) is 36.3 Å². The molecule has 3 aromatic rings. The summed E-state index contributed by atoms with van der Waals surface area (Å²) in [6.07, 6.45) is -1.05. The van der Waals surface area contributed by atoms with E-state index in [2.05, 4.69) is 25.1 Å². The zero-order valence-electron chi connectivity index (χ0n) is 15.0. The van der Waals surface area contributed by atoms with E-state index in [-0.39, 0.29) is 17.2 Å². The van der Waals surface area contributed by atoms with Crippen molar-refractivity contribution in [2.24, 2.45) is 0 Å². The SMILES string of the molecule is CCn1cc(-c2nc(Nc3ccc(C(=O)OC)cc3)ncc2C(F)(F)F)cn1. The number of hydrogen-bond acceptors (Lipinski definition) is 6. The molecule has 0 saturated carbocycles. The second-order valence-corrected chi connectivity index (χ2v) is 5.73. The minimum atomic E-state index is -4.61. The Bertz CT molecular complexity index is 984. The number of carbonyl (C=O) groups is 1. The summed E-state index contributed by atoms with van der Waals surface area (Å²) in [5.41, 5.74) is -0.136. The Morgan fingerprint density at radius 2 is 1.93 bits per heavy atom. The highest BCUT2D eigenvalue weighted by molar-refractivity contribution is 5.89. The molecule has 0 aliphatic heterocycles. The van der Waals surface area contributed by atoms with Crippen LogP contribution in [0.5, 0.6) is 0 Å². The molecule has 1 N–H and O–H groups in total. The van der Waals surface area contributed by atoms with E-state index in [4.69, 9.17) is 0 Å². The first-order valence-corrected chi connectivity index (χ1v) is 8.24. The number of nitrogens with one attached hydrogen (secondary N) is 1. The molecule has 1 aromatic carbocycles. The molecular weight excluding hydrogens is 375 g/mol. The minimum absolute atomic E-state index is 0.0157. The van der Waals surface area contributed by atoms with Crippen molar-refractivity contribution in [3.63, 3.8) is 0 Å². The molecule has 10 heteroatoms. The lowest BCUT2D eigenvalue weighted by atomic mass is 10.1. The van der Waals surface area contributed by atoms with Crippen molar-refractivity contribution in [2.45, 2.75) is 19.6 Å². The van der Waals surface area contributed by atoms with Crippen LogP contribution in [0.1, 0.15) is 22.8 Å². The maximum atomic E-state index is 13.4. The van der Waals surface area contributed by atoms with Crippen molar-refractivity contribution in [2.75, 3.05) is 12.4 Å². The molecule has 28 heavy (non-hydrogen) atoms. The standard InChI is InChI=1S/C18H16F3N5O2/c1-3-26-10-12(8-23-26)15-14(18(19,20)21)9-22-17(25-15)24-13-6-4-11(5-7-13)16(27)28-2/h4-10H,3H2,1-2H3,(H,22,24,25). The molecule has 3 rings (SSSR count). The van der Waals surface area contributed by atoms with Crippen molar-refractivity contribution in [1.82, 2.24) is 19.7 Å². The number of aryl methyl sites for hydroxylation is 1. The average molecular weight is 391 g/mol. The lowest BCUT2D eigenvalue weighted by Crippen LogP contribution is -2.11. The van der Waals surface area contributed by atoms with Gasteiger partial charge in [0.2, 0.25) is 5.95 Å². The van der Waals surface area contributed by atoms with Gasteiger partial charge in [-0.05, 0) is 31.2 Å². The number of halogens is 3. The van der Waals surface area contributed by atoms with E-state index in [1.54, 1.807) is 12.1 Å². The molecule has 0 atom stereocenters. The zero-order valence-corrected chi connectivity index (χ0v) is 15.0. The topological polar surface area (TPSA) is 81.9 Å². The lowest BCUT2D eigenvalue weighted by molar-refractivity contribution is -0.137. The van der Waals surface area contributed by atoms with Gasteiger partial charge in [0.05, 0.1) is 24.6 Å². The third kappa shape index (κ3) is 4.11. The van der Waals surface area contributed by atoms with Crippen molar-refractivity contribution in [1.29, 1.82) is 0 Å². The van der Waals surface area contributed by atoms with Gasteiger partial charge in [0.15, 0.2) is 0 Å². The first kappa shape index (κ1) is 19.3. The Morgan fingerprint density at radius 3 is 2.50 bits per heavy atom. The largest absolute Gasteiger partial charge is 0.465 e. The third-order valence-electron chi connectivity index (χ3n) is 3.89. The number of hydrogen-bond donors (Lipinski definition) is 1. The molecule has 0 amide bonds. The van der Waals surface area contributed by atoms with Crippen molar-refractivity contribution < 1.29 is 22.7 Å². The van der Waals surface area contributed by atoms with Crippen LogP contribution in [0.25, 0.3) is 11.3 Å².